The summed E-state index contributed by atoms with van der Waals surface area (Å²) >= 11 is 0. The van der Waals surface area contributed by atoms with E-state index in [4.69, 9.17) is 0 Å². The van der Waals surface area contributed by atoms with Gasteiger partial charge in [0.15, 0.2) is 0 Å². The number of rotatable bonds is 6. The third kappa shape index (κ3) is 4.47. The van der Waals surface area contributed by atoms with Crippen LogP contribution in [0.1, 0.15) is 49.7 Å². The maximum absolute atomic E-state index is 2.28. The van der Waals surface area contributed by atoms with Gasteiger partial charge in [0.2, 0.25) is 0 Å². The summed E-state index contributed by atoms with van der Waals surface area (Å²) in [5.41, 5.74) is 3.02. The van der Waals surface area contributed by atoms with E-state index < -0.39 is 0 Å². The number of hydrogen-bond donors (Lipinski definition) is 0. The Labute approximate surface area is 135 Å². The first kappa shape index (κ1) is 15.3. The van der Waals surface area contributed by atoms with E-state index in [0.29, 0.717) is 0 Å². The highest BCUT2D eigenvalue weighted by Crippen LogP contribution is 2.36. The van der Waals surface area contributed by atoms with Gasteiger partial charge in [0, 0.05) is 0 Å². The highest BCUT2D eigenvalue weighted by molar-refractivity contribution is 5.15. The molecule has 0 heterocycles. The first-order valence-electron chi connectivity index (χ1n) is 8.99. The average Bonchev–Trinajstić information content (AvgIpc) is 2.61. The fourth-order valence-electron chi connectivity index (χ4n) is 4.04. The fourth-order valence-corrected chi connectivity index (χ4v) is 4.04. The lowest BCUT2D eigenvalue weighted by Crippen LogP contribution is -2.21. The molecule has 0 aromatic heterocycles. The smallest absolute Gasteiger partial charge is 0.0276 e. The standard InChI is InChI=1S/C22H28/c1-3-9-19(10-4-1)15-17-21-13-7-8-14-22(21)18-16-20-11-5-2-6-12-20/h1-6,9-12,21-22H,7-8,13-18H2/t21-,22-/m0/s1. The van der Waals surface area contributed by atoms with Gasteiger partial charge in [-0.2, -0.15) is 0 Å². The molecule has 2 aromatic rings. The molecule has 1 aliphatic rings. The Morgan fingerprint density at radius 3 is 1.41 bits per heavy atom. The van der Waals surface area contributed by atoms with Crippen LogP contribution in [0.25, 0.3) is 0 Å². The zero-order valence-corrected chi connectivity index (χ0v) is 13.6. The summed E-state index contributed by atoms with van der Waals surface area (Å²) in [5, 5.41) is 0. The van der Waals surface area contributed by atoms with E-state index in [1.807, 2.05) is 0 Å². The van der Waals surface area contributed by atoms with Crippen LogP contribution in [-0.4, -0.2) is 0 Å². The molecule has 0 N–H and O–H groups in total. The van der Waals surface area contributed by atoms with Crippen LogP contribution in [0.5, 0.6) is 0 Å². The molecule has 0 aliphatic heterocycles. The fraction of sp³-hybridized carbons (Fsp3) is 0.455. The normalized spacial score (nSPS) is 21.6. The van der Waals surface area contributed by atoms with Crippen molar-refractivity contribution in [3.05, 3.63) is 71.8 Å². The Kier molecular flexibility index (Phi) is 5.70. The monoisotopic (exact) mass is 292 g/mol. The molecule has 0 saturated heterocycles. The Morgan fingerprint density at radius 2 is 1.00 bits per heavy atom. The molecular weight excluding hydrogens is 264 g/mol. The molecule has 1 aliphatic carbocycles. The first-order valence-corrected chi connectivity index (χ1v) is 8.99. The summed E-state index contributed by atoms with van der Waals surface area (Å²) < 4.78 is 0. The molecular formula is C22H28. The molecule has 0 radical (unpaired) electrons. The van der Waals surface area contributed by atoms with E-state index in [1.54, 1.807) is 0 Å². The second kappa shape index (κ2) is 8.17. The van der Waals surface area contributed by atoms with Gasteiger partial charge in [0.1, 0.15) is 0 Å². The van der Waals surface area contributed by atoms with Crippen molar-refractivity contribution in [2.24, 2.45) is 11.8 Å². The number of hydrogen-bond acceptors (Lipinski definition) is 0. The molecule has 0 bridgehead atoms. The van der Waals surface area contributed by atoms with Crippen molar-refractivity contribution in [2.75, 3.05) is 0 Å². The molecule has 2 atom stereocenters. The molecule has 2 aromatic carbocycles. The third-order valence-corrected chi connectivity index (χ3v) is 5.36. The zero-order chi connectivity index (χ0) is 15.0. The summed E-state index contributed by atoms with van der Waals surface area (Å²) in [6.07, 6.45) is 11.1. The van der Waals surface area contributed by atoms with E-state index in [1.165, 1.54) is 62.5 Å². The van der Waals surface area contributed by atoms with E-state index in [9.17, 15) is 0 Å². The van der Waals surface area contributed by atoms with Gasteiger partial charge in [-0.3, -0.25) is 0 Å². The second-order valence-corrected chi connectivity index (χ2v) is 6.85. The van der Waals surface area contributed by atoms with Crippen molar-refractivity contribution in [1.82, 2.24) is 0 Å². The van der Waals surface area contributed by atoms with Crippen LogP contribution >= 0.6 is 0 Å². The predicted octanol–water partition coefficient (Wildman–Crippen LogP) is 6.06. The molecule has 22 heavy (non-hydrogen) atoms. The summed E-state index contributed by atoms with van der Waals surface area (Å²) in [7, 11) is 0. The largest absolute Gasteiger partial charge is 0.0622 e. The van der Waals surface area contributed by atoms with Crippen LogP contribution in [0.15, 0.2) is 60.7 Å². The Balaban J connectivity index is 1.52. The van der Waals surface area contributed by atoms with Gasteiger partial charge < -0.3 is 0 Å². The van der Waals surface area contributed by atoms with E-state index >= 15 is 0 Å². The molecule has 0 heteroatoms. The van der Waals surface area contributed by atoms with Gasteiger partial charge in [-0.25, -0.2) is 0 Å². The predicted molar refractivity (Wildman–Crippen MR) is 95.0 cm³/mol. The molecule has 0 nitrogen and oxygen atoms in total. The maximum Gasteiger partial charge on any atom is -0.0276 e. The van der Waals surface area contributed by atoms with Crippen molar-refractivity contribution < 1.29 is 0 Å². The molecule has 3 rings (SSSR count). The van der Waals surface area contributed by atoms with Crippen molar-refractivity contribution in [2.45, 2.75) is 51.4 Å². The van der Waals surface area contributed by atoms with E-state index in [-0.39, 0.29) is 0 Å². The van der Waals surface area contributed by atoms with Crippen molar-refractivity contribution >= 4 is 0 Å². The van der Waals surface area contributed by atoms with Gasteiger partial charge in [0.05, 0.1) is 0 Å². The van der Waals surface area contributed by atoms with Gasteiger partial charge in [-0.15, -0.1) is 0 Å². The Hall–Kier alpha value is -1.56. The summed E-state index contributed by atoms with van der Waals surface area (Å²) in [6.45, 7) is 0. The summed E-state index contributed by atoms with van der Waals surface area (Å²) in [5.74, 6) is 1.88. The summed E-state index contributed by atoms with van der Waals surface area (Å²) in [6, 6.07) is 22.0. The SMILES string of the molecule is c1ccc(CC[C@@H]2CCCC[C@H]2CCc2ccccc2)cc1. The van der Waals surface area contributed by atoms with Crippen molar-refractivity contribution in [3.63, 3.8) is 0 Å². The van der Waals surface area contributed by atoms with Gasteiger partial charge in [0.25, 0.3) is 0 Å². The van der Waals surface area contributed by atoms with Crippen LogP contribution in [0.3, 0.4) is 0 Å². The maximum atomic E-state index is 2.28. The summed E-state index contributed by atoms with van der Waals surface area (Å²) in [4.78, 5) is 0. The van der Waals surface area contributed by atoms with Crippen LogP contribution < -0.4 is 0 Å². The number of benzene rings is 2. The number of aryl methyl sites for hydroxylation is 2. The van der Waals surface area contributed by atoms with Gasteiger partial charge in [-0.05, 0) is 48.6 Å². The van der Waals surface area contributed by atoms with Gasteiger partial charge in [-0.1, -0.05) is 86.3 Å². The molecule has 0 amide bonds. The van der Waals surface area contributed by atoms with Gasteiger partial charge >= 0.3 is 0 Å². The minimum Gasteiger partial charge on any atom is -0.0622 e. The van der Waals surface area contributed by atoms with Crippen molar-refractivity contribution in [3.8, 4) is 0 Å². The topological polar surface area (TPSA) is 0 Å². The molecule has 1 fully saturated rings. The van der Waals surface area contributed by atoms with Crippen LogP contribution in [0.2, 0.25) is 0 Å². The van der Waals surface area contributed by atoms with Crippen LogP contribution in [-0.2, 0) is 12.8 Å². The molecule has 1 saturated carbocycles. The Morgan fingerprint density at radius 1 is 0.591 bits per heavy atom. The second-order valence-electron chi connectivity index (χ2n) is 6.85. The third-order valence-electron chi connectivity index (χ3n) is 5.36. The lowest BCUT2D eigenvalue weighted by molar-refractivity contribution is 0.212. The van der Waals surface area contributed by atoms with Crippen LogP contribution in [0.4, 0.5) is 0 Å². The lowest BCUT2D eigenvalue weighted by atomic mass is 9.74. The first-order chi connectivity index (χ1) is 10.9. The molecule has 0 unspecified atom stereocenters. The molecule has 116 valence electrons. The van der Waals surface area contributed by atoms with E-state index in [2.05, 4.69) is 60.7 Å². The van der Waals surface area contributed by atoms with E-state index in [0.717, 1.165) is 11.8 Å². The lowest BCUT2D eigenvalue weighted by Gasteiger charge is -2.32. The highest BCUT2D eigenvalue weighted by Gasteiger charge is 2.24. The zero-order valence-electron chi connectivity index (χ0n) is 13.6. The highest BCUT2D eigenvalue weighted by atomic mass is 14.3. The minimum absolute atomic E-state index is 0.942. The molecule has 0 spiro atoms. The Bertz CT molecular complexity index is 477. The average molecular weight is 292 g/mol. The minimum atomic E-state index is 0.942. The van der Waals surface area contributed by atoms with Crippen molar-refractivity contribution in [1.29, 1.82) is 0 Å². The quantitative estimate of drug-likeness (QED) is 0.607. The van der Waals surface area contributed by atoms with Crippen LogP contribution in [0, 0.1) is 11.8 Å².